The normalized spacial score (nSPS) is 10.3. The van der Waals surface area contributed by atoms with Gasteiger partial charge in [-0.25, -0.2) is 9.97 Å². The highest BCUT2D eigenvalue weighted by Gasteiger charge is 2.02. The van der Waals surface area contributed by atoms with Gasteiger partial charge >= 0.3 is 0 Å². The van der Waals surface area contributed by atoms with Gasteiger partial charge in [-0.05, 0) is 35.0 Å². The second-order valence-electron chi connectivity index (χ2n) is 2.62. The van der Waals surface area contributed by atoms with Crippen LogP contribution in [0.1, 0.15) is 5.82 Å². The van der Waals surface area contributed by atoms with E-state index in [2.05, 4.69) is 32.0 Å². The lowest BCUT2D eigenvalue weighted by Crippen LogP contribution is -1.87. The van der Waals surface area contributed by atoms with Crippen LogP contribution in [0.2, 0.25) is 0 Å². The fourth-order valence-electron chi connectivity index (χ4n) is 1.04. The third kappa shape index (κ3) is 1.95. The molecule has 0 aromatic carbocycles. The molecule has 0 atom stereocenters. The number of aromatic nitrogens is 2. The molecular formula is C9H7BrN2S. The molecule has 2 aromatic rings. The average molecular weight is 255 g/mol. The maximum atomic E-state index is 4.34. The first-order valence-corrected chi connectivity index (χ1v) is 5.47. The summed E-state index contributed by atoms with van der Waals surface area (Å²) in [5.74, 6) is 0.807. The van der Waals surface area contributed by atoms with E-state index in [0.717, 1.165) is 20.9 Å². The van der Waals surface area contributed by atoms with Crippen molar-refractivity contribution >= 4 is 27.3 Å². The van der Waals surface area contributed by atoms with E-state index in [1.807, 2.05) is 18.4 Å². The molecule has 0 unspecified atom stereocenters. The van der Waals surface area contributed by atoms with Crippen molar-refractivity contribution in [3.8, 4) is 10.6 Å². The summed E-state index contributed by atoms with van der Waals surface area (Å²) in [6.07, 6.45) is 1.78. The fraction of sp³-hybridized carbons (Fsp3) is 0.111. The van der Waals surface area contributed by atoms with E-state index in [-0.39, 0.29) is 0 Å². The molecule has 2 rings (SSSR count). The molecule has 2 heterocycles. The number of thiophene rings is 1. The number of hydrogen-bond donors (Lipinski definition) is 0. The van der Waals surface area contributed by atoms with Crippen molar-refractivity contribution in [3.63, 3.8) is 0 Å². The molecule has 2 nitrogen and oxygen atoms in total. The van der Waals surface area contributed by atoms with Crippen LogP contribution in [0.25, 0.3) is 10.6 Å². The number of nitrogens with zero attached hydrogens (tertiary/aromatic N) is 2. The van der Waals surface area contributed by atoms with E-state index in [0.29, 0.717) is 0 Å². The number of halogens is 1. The first-order valence-electron chi connectivity index (χ1n) is 3.80. The van der Waals surface area contributed by atoms with Crippen LogP contribution in [-0.4, -0.2) is 9.97 Å². The molecule has 0 amide bonds. The second-order valence-corrected chi connectivity index (χ2v) is 4.45. The Balaban J connectivity index is 2.46. The predicted molar refractivity (Wildman–Crippen MR) is 57.8 cm³/mol. The van der Waals surface area contributed by atoms with Crippen molar-refractivity contribution < 1.29 is 0 Å². The van der Waals surface area contributed by atoms with Crippen LogP contribution in [0.3, 0.4) is 0 Å². The molecule has 0 radical (unpaired) electrons. The van der Waals surface area contributed by atoms with Gasteiger partial charge in [-0.15, -0.1) is 11.3 Å². The van der Waals surface area contributed by atoms with Gasteiger partial charge in [-0.2, -0.15) is 0 Å². The van der Waals surface area contributed by atoms with Crippen molar-refractivity contribution in [2.75, 3.05) is 0 Å². The lowest BCUT2D eigenvalue weighted by Gasteiger charge is -1.95. The maximum Gasteiger partial charge on any atom is 0.125 e. The van der Waals surface area contributed by atoms with Gasteiger partial charge in [0.2, 0.25) is 0 Å². The number of rotatable bonds is 1. The highest BCUT2D eigenvalue weighted by atomic mass is 79.9. The molecular weight excluding hydrogens is 248 g/mol. The van der Waals surface area contributed by atoms with E-state index >= 15 is 0 Å². The predicted octanol–water partition coefficient (Wildman–Crippen LogP) is 3.28. The smallest absolute Gasteiger partial charge is 0.125 e. The van der Waals surface area contributed by atoms with Gasteiger partial charge in [0.15, 0.2) is 0 Å². The van der Waals surface area contributed by atoms with E-state index in [1.54, 1.807) is 17.5 Å². The summed E-state index contributed by atoms with van der Waals surface area (Å²) in [6.45, 7) is 1.89. The van der Waals surface area contributed by atoms with Crippen LogP contribution in [0.15, 0.2) is 28.2 Å². The Morgan fingerprint density at radius 2 is 2.31 bits per heavy atom. The van der Waals surface area contributed by atoms with Gasteiger partial charge in [0.1, 0.15) is 5.82 Å². The number of aryl methyl sites for hydroxylation is 1. The van der Waals surface area contributed by atoms with E-state index in [4.69, 9.17) is 0 Å². The molecule has 66 valence electrons. The van der Waals surface area contributed by atoms with Crippen molar-refractivity contribution in [1.82, 2.24) is 9.97 Å². The number of hydrogen-bond acceptors (Lipinski definition) is 3. The zero-order valence-corrected chi connectivity index (χ0v) is 9.39. The minimum atomic E-state index is 0.807. The van der Waals surface area contributed by atoms with Crippen molar-refractivity contribution in [1.29, 1.82) is 0 Å². The Hall–Kier alpha value is -0.740. The minimum absolute atomic E-state index is 0.807. The average Bonchev–Trinajstić information content (AvgIpc) is 2.52. The zero-order chi connectivity index (χ0) is 9.26. The quantitative estimate of drug-likeness (QED) is 0.781. The molecule has 2 aromatic heterocycles. The Kier molecular flexibility index (Phi) is 2.42. The third-order valence-electron chi connectivity index (χ3n) is 1.60. The Bertz CT molecular complexity index is 425. The monoisotopic (exact) mass is 254 g/mol. The maximum absolute atomic E-state index is 4.34. The third-order valence-corrected chi connectivity index (χ3v) is 3.31. The van der Waals surface area contributed by atoms with Crippen molar-refractivity contribution in [2.45, 2.75) is 6.92 Å². The summed E-state index contributed by atoms with van der Waals surface area (Å²) < 4.78 is 1.10. The van der Waals surface area contributed by atoms with Crippen LogP contribution in [-0.2, 0) is 0 Å². The lowest BCUT2D eigenvalue weighted by atomic mass is 10.3. The molecule has 0 N–H and O–H groups in total. The van der Waals surface area contributed by atoms with Gasteiger partial charge in [0.25, 0.3) is 0 Å². The summed E-state index contributed by atoms with van der Waals surface area (Å²) in [7, 11) is 0. The summed E-state index contributed by atoms with van der Waals surface area (Å²) in [5.41, 5.74) is 0.989. The van der Waals surface area contributed by atoms with Crippen molar-refractivity contribution in [3.05, 3.63) is 34.0 Å². The van der Waals surface area contributed by atoms with Gasteiger partial charge < -0.3 is 0 Å². The zero-order valence-electron chi connectivity index (χ0n) is 6.99. The Labute approximate surface area is 88.8 Å². The Morgan fingerprint density at radius 3 is 2.92 bits per heavy atom. The van der Waals surface area contributed by atoms with Crippen LogP contribution >= 0.6 is 27.3 Å². The van der Waals surface area contributed by atoms with Gasteiger partial charge in [-0.3, -0.25) is 0 Å². The summed E-state index contributed by atoms with van der Waals surface area (Å²) in [4.78, 5) is 9.55. The SMILES string of the molecule is Cc1nccc(-c2cc(Br)cs2)n1. The summed E-state index contributed by atoms with van der Waals surface area (Å²) in [6, 6.07) is 3.98. The van der Waals surface area contributed by atoms with Crippen LogP contribution in [0, 0.1) is 6.92 Å². The Morgan fingerprint density at radius 1 is 1.46 bits per heavy atom. The van der Waals surface area contributed by atoms with Gasteiger partial charge in [-0.1, -0.05) is 0 Å². The highest BCUT2D eigenvalue weighted by Crippen LogP contribution is 2.27. The standard InChI is InChI=1S/C9H7BrN2S/c1-6-11-3-2-8(12-6)9-4-7(10)5-13-9/h2-5H,1H3. The largest absolute Gasteiger partial charge is 0.242 e. The molecule has 0 bridgehead atoms. The van der Waals surface area contributed by atoms with E-state index < -0.39 is 0 Å². The van der Waals surface area contributed by atoms with Gasteiger partial charge in [0, 0.05) is 16.0 Å². The van der Waals surface area contributed by atoms with E-state index in [9.17, 15) is 0 Å². The highest BCUT2D eigenvalue weighted by molar-refractivity contribution is 9.10. The topological polar surface area (TPSA) is 25.8 Å². The van der Waals surface area contributed by atoms with Crippen LogP contribution in [0.5, 0.6) is 0 Å². The molecule has 0 spiro atoms. The summed E-state index contributed by atoms with van der Waals surface area (Å²) >= 11 is 5.09. The van der Waals surface area contributed by atoms with Crippen molar-refractivity contribution in [2.24, 2.45) is 0 Å². The molecule has 0 saturated carbocycles. The molecule has 0 fully saturated rings. The molecule has 0 aliphatic rings. The molecule has 0 aliphatic carbocycles. The lowest BCUT2D eigenvalue weighted by molar-refractivity contribution is 1.06. The van der Waals surface area contributed by atoms with Crippen LogP contribution in [0.4, 0.5) is 0 Å². The molecule has 13 heavy (non-hydrogen) atoms. The fourth-order valence-corrected chi connectivity index (χ4v) is 2.44. The first kappa shape index (κ1) is 8.84. The van der Waals surface area contributed by atoms with E-state index in [1.165, 1.54) is 0 Å². The molecule has 0 aliphatic heterocycles. The second kappa shape index (κ2) is 3.55. The van der Waals surface area contributed by atoms with Crippen LogP contribution < -0.4 is 0 Å². The van der Waals surface area contributed by atoms with Gasteiger partial charge in [0.05, 0.1) is 10.6 Å². The minimum Gasteiger partial charge on any atom is -0.242 e. The summed E-state index contributed by atoms with van der Waals surface area (Å²) in [5, 5.41) is 2.05. The first-order chi connectivity index (χ1) is 6.25. The molecule has 0 saturated heterocycles. The molecule has 4 heteroatoms.